The number of ether oxygens (including phenoxy) is 2. The molecule has 1 fully saturated rings. The minimum Gasteiger partial charge on any atom is -0.496 e. The lowest BCUT2D eigenvalue weighted by Crippen LogP contribution is -2.49. The number of esters is 1. The molecule has 0 atom stereocenters. The second kappa shape index (κ2) is 9.78. The summed E-state index contributed by atoms with van der Waals surface area (Å²) in [6, 6.07) is 15.8. The standard InChI is InChI=1S/C25H25N3O6/c1-3-34-25(30)19-8-9-21(22(15-19)28(31)32)26-10-12-27(13-11-26)24(29)20-14-17-6-4-5-7-18(17)16-23(20)33-2/h4-9,14-16H,3,10-13H2,1-2H3. The van der Waals surface area contributed by atoms with Crippen molar-refractivity contribution in [3.8, 4) is 5.75 Å². The summed E-state index contributed by atoms with van der Waals surface area (Å²) in [5.41, 5.74) is 0.865. The van der Waals surface area contributed by atoms with Crippen molar-refractivity contribution in [2.75, 3.05) is 44.8 Å². The van der Waals surface area contributed by atoms with Crippen LogP contribution >= 0.6 is 0 Å². The predicted octanol–water partition coefficient (Wildman–Crippen LogP) is 3.90. The number of benzene rings is 3. The molecule has 1 aliphatic rings. The molecule has 0 saturated carbocycles. The zero-order valence-electron chi connectivity index (χ0n) is 19.0. The molecule has 0 unspecified atom stereocenters. The Balaban J connectivity index is 1.52. The number of methoxy groups -OCH3 is 1. The average molecular weight is 463 g/mol. The van der Waals surface area contributed by atoms with Gasteiger partial charge >= 0.3 is 5.97 Å². The van der Waals surface area contributed by atoms with Crippen LogP contribution < -0.4 is 9.64 Å². The first-order valence-electron chi connectivity index (χ1n) is 11.0. The molecule has 0 bridgehead atoms. The number of rotatable bonds is 6. The molecule has 3 aromatic carbocycles. The van der Waals surface area contributed by atoms with Crippen LogP contribution in [-0.2, 0) is 4.74 Å². The van der Waals surface area contributed by atoms with Crippen LogP contribution in [0.15, 0.2) is 54.6 Å². The number of carbonyl (C=O) groups is 2. The SMILES string of the molecule is CCOC(=O)c1ccc(N2CCN(C(=O)c3cc4ccccc4cc3OC)CC2)c([N+](=O)[O-])c1. The molecule has 1 heterocycles. The molecule has 9 nitrogen and oxygen atoms in total. The number of hydrogen-bond acceptors (Lipinski definition) is 7. The van der Waals surface area contributed by atoms with E-state index in [1.165, 1.54) is 19.2 Å². The van der Waals surface area contributed by atoms with Crippen molar-refractivity contribution < 1.29 is 24.0 Å². The van der Waals surface area contributed by atoms with E-state index in [9.17, 15) is 19.7 Å². The second-order valence-electron chi connectivity index (χ2n) is 7.86. The molecule has 4 rings (SSSR count). The van der Waals surface area contributed by atoms with Crippen molar-refractivity contribution in [3.05, 3.63) is 75.8 Å². The minimum atomic E-state index is -0.600. The van der Waals surface area contributed by atoms with Crippen molar-refractivity contribution in [2.24, 2.45) is 0 Å². The van der Waals surface area contributed by atoms with Gasteiger partial charge < -0.3 is 19.3 Å². The highest BCUT2D eigenvalue weighted by molar-refractivity contribution is 6.01. The molecule has 9 heteroatoms. The Kier molecular flexibility index (Phi) is 6.62. The zero-order chi connectivity index (χ0) is 24.2. The first-order valence-corrected chi connectivity index (χ1v) is 11.0. The number of piperazine rings is 1. The van der Waals surface area contributed by atoms with E-state index in [0.29, 0.717) is 43.2 Å². The van der Waals surface area contributed by atoms with Gasteiger partial charge in [-0.15, -0.1) is 0 Å². The Bertz CT molecular complexity index is 1250. The van der Waals surface area contributed by atoms with E-state index in [4.69, 9.17) is 9.47 Å². The first kappa shape index (κ1) is 23.0. The molecule has 176 valence electrons. The van der Waals surface area contributed by atoms with Gasteiger partial charge in [-0.3, -0.25) is 14.9 Å². The fraction of sp³-hybridized carbons (Fsp3) is 0.280. The van der Waals surface area contributed by atoms with E-state index >= 15 is 0 Å². The van der Waals surface area contributed by atoms with Crippen molar-refractivity contribution in [1.82, 2.24) is 4.90 Å². The first-order chi connectivity index (χ1) is 16.4. The summed E-state index contributed by atoms with van der Waals surface area (Å²) < 4.78 is 10.4. The fourth-order valence-electron chi connectivity index (χ4n) is 4.15. The monoisotopic (exact) mass is 463 g/mol. The van der Waals surface area contributed by atoms with Crippen molar-refractivity contribution >= 4 is 34.0 Å². The van der Waals surface area contributed by atoms with Gasteiger partial charge in [-0.2, -0.15) is 0 Å². The van der Waals surface area contributed by atoms with Crippen LogP contribution in [0, 0.1) is 10.1 Å². The Labute approximate surface area is 196 Å². The maximum absolute atomic E-state index is 13.3. The van der Waals surface area contributed by atoms with Gasteiger partial charge in [0.25, 0.3) is 11.6 Å². The van der Waals surface area contributed by atoms with Crippen LogP contribution in [0.25, 0.3) is 10.8 Å². The van der Waals surface area contributed by atoms with Crippen molar-refractivity contribution in [1.29, 1.82) is 0 Å². The number of hydrogen-bond donors (Lipinski definition) is 0. The molecule has 0 aliphatic carbocycles. The number of nitrogens with zero attached hydrogens (tertiary/aromatic N) is 3. The number of nitro groups is 1. The molecule has 0 radical (unpaired) electrons. The highest BCUT2D eigenvalue weighted by atomic mass is 16.6. The molecular formula is C25H25N3O6. The third kappa shape index (κ3) is 4.50. The highest BCUT2D eigenvalue weighted by Crippen LogP contribution is 2.31. The number of fused-ring (bicyclic) bond motifs is 1. The molecule has 0 spiro atoms. The number of anilines is 1. The summed E-state index contributed by atoms with van der Waals surface area (Å²) >= 11 is 0. The van der Waals surface area contributed by atoms with Crippen LogP contribution in [0.1, 0.15) is 27.6 Å². The average Bonchev–Trinajstić information content (AvgIpc) is 2.87. The number of nitro benzene ring substituents is 1. The Morgan fingerprint density at radius 3 is 2.29 bits per heavy atom. The lowest BCUT2D eigenvalue weighted by molar-refractivity contribution is -0.384. The zero-order valence-corrected chi connectivity index (χ0v) is 19.0. The summed E-state index contributed by atoms with van der Waals surface area (Å²) in [6.45, 7) is 3.49. The molecule has 0 N–H and O–H groups in total. The quantitative estimate of drug-likeness (QED) is 0.310. The van der Waals surface area contributed by atoms with E-state index < -0.39 is 10.9 Å². The Morgan fingerprint density at radius 1 is 1.00 bits per heavy atom. The van der Waals surface area contributed by atoms with Crippen LogP contribution in [0.2, 0.25) is 0 Å². The molecule has 1 aliphatic heterocycles. The van der Waals surface area contributed by atoms with Gasteiger partial charge in [-0.05, 0) is 42.0 Å². The molecule has 1 saturated heterocycles. The minimum absolute atomic E-state index is 0.134. The van der Waals surface area contributed by atoms with E-state index in [0.717, 1.165) is 10.8 Å². The predicted molar refractivity (Wildman–Crippen MR) is 128 cm³/mol. The van der Waals surface area contributed by atoms with Crippen LogP contribution in [0.4, 0.5) is 11.4 Å². The van der Waals surface area contributed by atoms with E-state index in [-0.39, 0.29) is 23.8 Å². The lowest BCUT2D eigenvalue weighted by atomic mass is 10.0. The van der Waals surface area contributed by atoms with Crippen molar-refractivity contribution in [3.63, 3.8) is 0 Å². The van der Waals surface area contributed by atoms with Gasteiger partial charge in [0, 0.05) is 32.2 Å². The van der Waals surface area contributed by atoms with Gasteiger partial charge in [0.2, 0.25) is 0 Å². The van der Waals surface area contributed by atoms with Crippen LogP contribution in [0.5, 0.6) is 5.75 Å². The smallest absolute Gasteiger partial charge is 0.338 e. The Morgan fingerprint density at radius 2 is 1.68 bits per heavy atom. The summed E-state index contributed by atoms with van der Waals surface area (Å²) in [7, 11) is 1.54. The maximum Gasteiger partial charge on any atom is 0.338 e. The van der Waals surface area contributed by atoms with E-state index in [1.807, 2.05) is 41.3 Å². The van der Waals surface area contributed by atoms with E-state index in [1.54, 1.807) is 17.9 Å². The van der Waals surface area contributed by atoms with Gasteiger partial charge in [0.05, 0.1) is 29.8 Å². The van der Waals surface area contributed by atoms with Gasteiger partial charge in [0.15, 0.2) is 0 Å². The van der Waals surface area contributed by atoms with Gasteiger partial charge in [-0.25, -0.2) is 4.79 Å². The topological polar surface area (TPSA) is 102 Å². The fourth-order valence-corrected chi connectivity index (χ4v) is 4.15. The summed E-state index contributed by atoms with van der Waals surface area (Å²) in [5, 5.41) is 13.6. The van der Waals surface area contributed by atoms with E-state index in [2.05, 4.69) is 0 Å². The number of amides is 1. The van der Waals surface area contributed by atoms with Crippen molar-refractivity contribution in [2.45, 2.75) is 6.92 Å². The molecule has 34 heavy (non-hydrogen) atoms. The normalized spacial score (nSPS) is 13.6. The van der Waals surface area contributed by atoms with Crippen LogP contribution in [0.3, 0.4) is 0 Å². The van der Waals surface area contributed by atoms with Gasteiger partial charge in [-0.1, -0.05) is 24.3 Å². The molecule has 1 amide bonds. The molecule has 0 aromatic heterocycles. The van der Waals surface area contributed by atoms with Gasteiger partial charge in [0.1, 0.15) is 11.4 Å². The highest BCUT2D eigenvalue weighted by Gasteiger charge is 2.28. The maximum atomic E-state index is 13.3. The second-order valence-corrected chi connectivity index (χ2v) is 7.86. The molecule has 3 aromatic rings. The number of carbonyl (C=O) groups excluding carboxylic acids is 2. The summed E-state index contributed by atoms with van der Waals surface area (Å²) in [5.74, 6) is -0.234. The summed E-state index contributed by atoms with van der Waals surface area (Å²) in [6.07, 6.45) is 0. The third-order valence-corrected chi connectivity index (χ3v) is 5.89. The molecular weight excluding hydrogens is 438 g/mol. The third-order valence-electron chi connectivity index (χ3n) is 5.89. The largest absolute Gasteiger partial charge is 0.496 e. The lowest BCUT2D eigenvalue weighted by Gasteiger charge is -2.36. The summed E-state index contributed by atoms with van der Waals surface area (Å²) in [4.78, 5) is 40.0. The Hall–Kier alpha value is -4.14. The van der Waals surface area contributed by atoms with Crippen LogP contribution in [-0.4, -0.2) is 61.6 Å².